The Morgan fingerprint density at radius 3 is 2.61 bits per heavy atom. The van der Waals surface area contributed by atoms with Gasteiger partial charge in [-0.1, -0.05) is 35.6 Å². The van der Waals surface area contributed by atoms with E-state index in [4.69, 9.17) is 15.7 Å². The minimum absolute atomic E-state index is 0.0421. The highest BCUT2D eigenvalue weighted by atomic mass is 32.1. The molecule has 3 rings (SSSR count). The summed E-state index contributed by atoms with van der Waals surface area (Å²) in [7, 11) is 0. The molecule has 0 unspecified atom stereocenters. The lowest BCUT2D eigenvalue weighted by atomic mass is 10.0. The maximum absolute atomic E-state index is 11.9. The Morgan fingerprint density at radius 1 is 1.12 bits per heavy atom. The van der Waals surface area contributed by atoms with Crippen LogP contribution >= 0.6 is 11.3 Å². The largest absolute Gasteiger partial charge is 0.359 e. The Morgan fingerprint density at radius 2 is 1.88 bits per heavy atom. The quantitative estimate of drug-likeness (QED) is 0.307. The van der Waals surface area contributed by atoms with Crippen LogP contribution in [-0.4, -0.2) is 46.2 Å². The molecule has 0 spiro atoms. The van der Waals surface area contributed by atoms with E-state index < -0.39 is 0 Å². The van der Waals surface area contributed by atoms with E-state index in [1.807, 2.05) is 50.4 Å². The molecule has 0 saturated carbocycles. The van der Waals surface area contributed by atoms with Crippen molar-refractivity contribution in [2.24, 2.45) is 5.73 Å². The van der Waals surface area contributed by atoms with Crippen molar-refractivity contribution in [2.75, 3.05) is 23.7 Å². The number of amides is 2. The number of benzene rings is 1. The van der Waals surface area contributed by atoms with Crippen LogP contribution in [0.5, 0.6) is 0 Å². The second kappa shape index (κ2) is 11.6. The molecule has 176 valence electrons. The number of nitrogens with zero attached hydrogens (tertiary/aromatic N) is 3. The monoisotopic (exact) mass is 468 g/mol. The van der Waals surface area contributed by atoms with Gasteiger partial charge in [0.25, 0.3) is 0 Å². The zero-order chi connectivity index (χ0) is 23.8. The first-order chi connectivity index (χ1) is 15.9. The Bertz CT molecular complexity index is 1070. The highest BCUT2D eigenvalue weighted by molar-refractivity contribution is 7.18. The van der Waals surface area contributed by atoms with Gasteiger partial charge in [-0.2, -0.15) is 0 Å². The molecule has 0 radical (unpaired) electrons. The summed E-state index contributed by atoms with van der Waals surface area (Å²) in [4.78, 5) is 26.8. The van der Waals surface area contributed by atoms with Gasteiger partial charge in [-0.25, -0.2) is 19.7 Å². The van der Waals surface area contributed by atoms with Crippen LogP contribution in [-0.2, 0) is 6.54 Å². The summed E-state index contributed by atoms with van der Waals surface area (Å²) >= 11 is 1.54. The molecule has 10 heteroatoms. The number of rotatable bonds is 10. The molecule has 2 aromatic heterocycles. The molecule has 1 aromatic carbocycles. The standard InChI is InChI=1S/C23H32N8OS/c1-5-25-22(32)27-12-16-8-6-7-9-17(16)18-10-19(31-21(30-18)26-11-15(4)24)20-13-28-23(33-20)29-14(2)3/h6-10,13-15H,5,11-12,24H2,1-4H3,(H,28,29)(H2,25,27,32)(H,26,30,31)/t15-/m1/s1. The molecule has 6 N–H and O–H groups in total. The first kappa shape index (κ1) is 24.4. The number of carbonyl (C=O) groups excluding carboxylic acids is 1. The van der Waals surface area contributed by atoms with Gasteiger partial charge in [0.2, 0.25) is 5.95 Å². The number of anilines is 2. The third-order valence-electron chi connectivity index (χ3n) is 4.55. The SMILES string of the molecule is CCNC(=O)NCc1ccccc1-c1cc(-c2cnc(NC(C)C)s2)nc(NC[C@@H](C)N)n1. The van der Waals surface area contributed by atoms with Crippen LogP contribution in [0.1, 0.15) is 33.3 Å². The third-order valence-corrected chi connectivity index (χ3v) is 5.50. The number of thiazole rings is 1. The molecular weight excluding hydrogens is 436 g/mol. The van der Waals surface area contributed by atoms with E-state index in [0.717, 1.165) is 32.5 Å². The maximum atomic E-state index is 11.9. The summed E-state index contributed by atoms with van der Waals surface area (Å²) in [6, 6.07) is 9.88. The fourth-order valence-electron chi connectivity index (χ4n) is 3.07. The molecule has 0 saturated heterocycles. The number of urea groups is 1. The van der Waals surface area contributed by atoms with Crippen LogP contribution < -0.4 is 27.0 Å². The molecule has 0 aliphatic rings. The van der Waals surface area contributed by atoms with Crippen molar-refractivity contribution in [3.05, 3.63) is 42.1 Å². The number of nitrogens with one attached hydrogen (secondary N) is 4. The van der Waals surface area contributed by atoms with Crippen LogP contribution in [0, 0.1) is 0 Å². The van der Waals surface area contributed by atoms with Crippen molar-refractivity contribution in [1.29, 1.82) is 0 Å². The average molecular weight is 469 g/mol. The second-order valence-electron chi connectivity index (χ2n) is 8.02. The van der Waals surface area contributed by atoms with E-state index in [-0.39, 0.29) is 18.1 Å². The Hall–Kier alpha value is -3.24. The van der Waals surface area contributed by atoms with Crippen LogP contribution in [0.4, 0.5) is 15.9 Å². The molecule has 0 aliphatic heterocycles. The molecule has 3 aromatic rings. The summed E-state index contributed by atoms with van der Waals surface area (Å²) < 4.78 is 0. The summed E-state index contributed by atoms with van der Waals surface area (Å²) in [6.07, 6.45) is 1.82. The lowest BCUT2D eigenvalue weighted by Crippen LogP contribution is -2.34. The van der Waals surface area contributed by atoms with E-state index in [0.29, 0.717) is 25.6 Å². The van der Waals surface area contributed by atoms with E-state index in [9.17, 15) is 4.79 Å². The molecule has 9 nitrogen and oxygen atoms in total. The van der Waals surface area contributed by atoms with Crippen molar-refractivity contribution in [2.45, 2.75) is 46.3 Å². The van der Waals surface area contributed by atoms with Gasteiger partial charge in [-0.3, -0.25) is 0 Å². The van der Waals surface area contributed by atoms with Crippen molar-refractivity contribution in [3.63, 3.8) is 0 Å². The van der Waals surface area contributed by atoms with Crippen LogP contribution in [0.15, 0.2) is 36.5 Å². The molecule has 0 aliphatic carbocycles. The summed E-state index contributed by atoms with van der Waals surface area (Å²) in [5, 5.41) is 13.0. The minimum atomic E-state index is -0.204. The van der Waals surface area contributed by atoms with Gasteiger partial charge in [0.1, 0.15) is 0 Å². The molecule has 0 bridgehead atoms. The Labute approximate surface area is 198 Å². The third kappa shape index (κ3) is 7.13. The van der Waals surface area contributed by atoms with E-state index in [2.05, 4.69) is 40.1 Å². The van der Waals surface area contributed by atoms with Gasteiger partial charge in [0.05, 0.1) is 16.3 Å². The van der Waals surface area contributed by atoms with Gasteiger partial charge >= 0.3 is 6.03 Å². The zero-order valence-electron chi connectivity index (χ0n) is 19.5. The van der Waals surface area contributed by atoms with E-state index >= 15 is 0 Å². The van der Waals surface area contributed by atoms with E-state index in [1.165, 1.54) is 0 Å². The number of hydrogen-bond donors (Lipinski definition) is 5. The predicted molar refractivity (Wildman–Crippen MR) is 135 cm³/mol. The molecule has 2 amide bonds. The highest BCUT2D eigenvalue weighted by Crippen LogP contribution is 2.32. The number of aromatic nitrogens is 3. The molecule has 2 heterocycles. The van der Waals surface area contributed by atoms with Gasteiger partial charge in [-0.05, 0) is 39.3 Å². The lowest BCUT2D eigenvalue weighted by molar-refractivity contribution is 0.241. The smallest absolute Gasteiger partial charge is 0.315 e. The van der Waals surface area contributed by atoms with Crippen LogP contribution in [0.3, 0.4) is 0 Å². The van der Waals surface area contributed by atoms with Crippen molar-refractivity contribution >= 4 is 28.4 Å². The predicted octanol–water partition coefficient (Wildman–Crippen LogP) is 3.67. The van der Waals surface area contributed by atoms with Gasteiger partial charge in [-0.15, -0.1) is 0 Å². The minimum Gasteiger partial charge on any atom is -0.359 e. The van der Waals surface area contributed by atoms with Crippen LogP contribution in [0.25, 0.3) is 21.8 Å². The van der Waals surface area contributed by atoms with Gasteiger partial charge in [0.15, 0.2) is 5.13 Å². The normalized spacial score (nSPS) is 11.8. The molecule has 33 heavy (non-hydrogen) atoms. The number of hydrogen-bond acceptors (Lipinski definition) is 8. The Kier molecular flexibility index (Phi) is 8.56. The van der Waals surface area contributed by atoms with Crippen molar-refractivity contribution < 1.29 is 4.79 Å². The summed E-state index contributed by atoms with van der Waals surface area (Å²) in [5.74, 6) is 0.498. The van der Waals surface area contributed by atoms with Crippen molar-refractivity contribution in [1.82, 2.24) is 25.6 Å². The van der Waals surface area contributed by atoms with E-state index in [1.54, 1.807) is 11.3 Å². The van der Waals surface area contributed by atoms with Gasteiger partial charge in [0, 0.05) is 43.5 Å². The lowest BCUT2D eigenvalue weighted by Gasteiger charge is -2.14. The molecule has 0 fully saturated rings. The number of nitrogens with two attached hydrogens (primary N) is 1. The number of carbonyl (C=O) groups is 1. The van der Waals surface area contributed by atoms with Gasteiger partial charge < -0.3 is 27.0 Å². The second-order valence-corrected chi connectivity index (χ2v) is 9.05. The maximum Gasteiger partial charge on any atom is 0.315 e. The topological polar surface area (TPSA) is 130 Å². The average Bonchev–Trinajstić information content (AvgIpc) is 3.24. The first-order valence-electron chi connectivity index (χ1n) is 11.1. The summed E-state index contributed by atoms with van der Waals surface area (Å²) in [5.41, 5.74) is 9.33. The molecular formula is C23H32N8OS. The fraction of sp³-hybridized carbons (Fsp3) is 0.391. The van der Waals surface area contributed by atoms with Crippen LogP contribution in [0.2, 0.25) is 0 Å². The van der Waals surface area contributed by atoms with Crippen molar-refractivity contribution in [3.8, 4) is 21.8 Å². The zero-order valence-corrected chi connectivity index (χ0v) is 20.3. The first-order valence-corrected chi connectivity index (χ1v) is 11.9. The summed E-state index contributed by atoms with van der Waals surface area (Å²) in [6.45, 7) is 9.46. The molecule has 1 atom stereocenters. The highest BCUT2D eigenvalue weighted by Gasteiger charge is 2.14. The fourth-order valence-corrected chi connectivity index (χ4v) is 3.99. The Balaban J connectivity index is 1.97.